The number of carboxylic acids is 1. The molecule has 0 fully saturated rings. The Balaban J connectivity index is 1.62. The van der Waals surface area contributed by atoms with Crippen LogP contribution in [-0.2, 0) is 22.1 Å². The Bertz CT molecular complexity index is 1810. The van der Waals surface area contributed by atoms with Gasteiger partial charge in [0.05, 0.1) is 4.90 Å². The van der Waals surface area contributed by atoms with E-state index in [2.05, 4.69) is 4.98 Å². The second-order valence-electron chi connectivity index (χ2n) is 8.31. The number of pyridine rings is 1. The van der Waals surface area contributed by atoms with Crippen LogP contribution in [0, 0.1) is 5.82 Å². The fourth-order valence-electron chi connectivity index (χ4n) is 4.08. The molecule has 3 aromatic carbocycles. The number of sulfone groups is 1. The van der Waals surface area contributed by atoms with E-state index in [0.29, 0.717) is 4.83 Å². The molecule has 0 bridgehead atoms. The smallest absolute Gasteiger partial charge is 0.341 e. The molecule has 0 saturated heterocycles. The summed E-state index contributed by atoms with van der Waals surface area (Å²) in [6.07, 6.45) is 1.26. The molecule has 2 aromatic heterocycles. The van der Waals surface area contributed by atoms with Gasteiger partial charge in [0.25, 0.3) is 0 Å². The number of thiazole rings is 1. The molecule has 2 heterocycles. The Hall–Kier alpha value is -4.15. The first-order chi connectivity index (χ1) is 17.7. The van der Waals surface area contributed by atoms with E-state index >= 15 is 0 Å². The van der Waals surface area contributed by atoms with E-state index in [0.717, 1.165) is 40.2 Å². The summed E-state index contributed by atoms with van der Waals surface area (Å²) in [6, 6.07) is 21.9. The quantitative estimate of drug-likeness (QED) is 0.316. The van der Waals surface area contributed by atoms with Gasteiger partial charge in [0, 0.05) is 12.7 Å². The minimum atomic E-state index is -3.96. The van der Waals surface area contributed by atoms with E-state index in [1.807, 2.05) is 54.6 Å². The molecule has 1 N–H and O–H groups in total. The van der Waals surface area contributed by atoms with Gasteiger partial charge in [-0.05, 0) is 34.9 Å². The van der Waals surface area contributed by atoms with Crippen molar-refractivity contribution >= 4 is 37.5 Å². The van der Waals surface area contributed by atoms with Crippen molar-refractivity contribution in [3.8, 4) is 11.1 Å². The second kappa shape index (κ2) is 9.72. The number of halogens is 1. The summed E-state index contributed by atoms with van der Waals surface area (Å²) < 4.78 is 41.0. The van der Waals surface area contributed by atoms with Crippen LogP contribution >= 0.6 is 11.3 Å². The molecule has 0 atom stereocenters. The van der Waals surface area contributed by atoms with Crippen molar-refractivity contribution in [2.75, 3.05) is 0 Å². The molecule has 5 rings (SSSR count). The monoisotopic (exact) mass is 534 g/mol. The van der Waals surface area contributed by atoms with Crippen LogP contribution in [0.15, 0.2) is 94.7 Å². The third kappa shape index (κ3) is 4.93. The van der Waals surface area contributed by atoms with Gasteiger partial charge in [0.1, 0.15) is 32.5 Å². The number of benzene rings is 3. The number of carbonyl (C=O) groups is 1. The van der Waals surface area contributed by atoms with E-state index in [-0.39, 0.29) is 22.0 Å². The van der Waals surface area contributed by atoms with E-state index in [1.54, 1.807) is 4.57 Å². The van der Waals surface area contributed by atoms with Crippen LogP contribution in [-0.4, -0.2) is 29.0 Å². The molecule has 7 nitrogen and oxygen atoms in total. The molecule has 10 heteroatoms. The SMILES string of the molecule is O=C(O)c1cn(Cc2ccccc2-c2ccccc2)c2sc(CS(=O)(=O)c3cccc(F)c3)nc2c1=O. The molecule has 0 amide bonds. The van der Waals surface area contributed by atoms with Crippen molar-refractivity contribution in [1.82, 2.24) is 9.55 Å². The van der Waals surface area contributed by atoms with Gasteiger partial charge in [-0.25, -0.2) is 22.6 Å². The van der Waals surface area contributed by atoms with Crippen molar-refractivity contribution in [1.29, 1.82) is 0 Å². The highest BCUT2D eigenvalue weighted by atomic mass is 32.2. The molecule has 0 saturated carbocycles. The number of carboxylic acid groups (broad SMARTS) is 1. The summed E-state index contributed by atoms with van der Waals surface area (Å²) in [5.74, 6) is -2.65. The first-order valence-electron chi connectivity index (χ1n) is 11.1. The number of nitrogens with zero attached hydrogens (tertiary/aromatic N) is 2. The highest BCUT2D eigenvalue weighted by Crippen LogP contribution is 2.28. The van der Waals surface area contributed by atoms with Gasteiger partial charge in [-0.15, -0.1) is 0 Å². The summed E-state index contributed by atoms with van der Waals surface area (Å²) in [4.78, 5) is 29.1. The third-order valence-corrected chi connectivity index (χ3v) is 8.70. The molecule has 0 aliphatic rings. The third-order valence-electron chi connectivity index (χ3n) is 5.80. The summed E-state index contributed by atoms with van der Waals surface area (Å²) >= 11 is 0.991. The number of fused-ring (bicyclic) bond motifs is 1. The van der Waals surface area contributed by atoms with Crippen LogP contribution in [0.2, 0.25) is 0 Å². The average Bonchev–Trinajstić information content (AvgIpc) is 3.30. The van der Waals surface area contributed by atoms with Gasteiger partial charge < -0.3 is 9.67 Å². The highest BCUT2D eigenvalue weighted by Gasteiger charge is 2.23. The zero-order chi connectivity index (χ0) is 26.2. The van der Waals surface area contributed by atoms with E-state index in [4.69, 9.17) is 0 Å². The molecular weight excluding hydrogens is 515 g/mol. The average molecular weight is 535 g/mol. The van der Waals surface area contributed by atoms with Gasteiger partial charge in [0.15, 0.2) is 9.84 Å². The summed E-state index contributed by atoms with van der Waals surface area (Å²) in [5, 5.41) is 9.75. The number of aromatic carboxylic acids is 1. The molecule has 0 unspecified atom stereocenters. The molecule has 0 aliphatic carbocycles. The Morgan fingerprint density at radius 1 is 1.00 bits per heavy atom. The van der Waals surface area contributed by atoms with Gasteiger partial charge in [-0.3, -0.25) is 4.79 Å². The number of rotatable bonds is 7. The maximum atomic E-state index is 13.6. The fourth-order valence-corrected chi connectivity index (χ4v) is 6.74. The summed E-state index contributed by atoms with van der Waals surface area (Å²) in [5.41, 5.74) is 1.41. The standard InChI is InChI=1S/C27H19FN2O5S2/c28-19-10-6-11-20(13-19)37(34,35)16-23-29-24-25(31)22(27(32)33)15-30(26(24)36-23)14-18-9-4-5-12-21(18)17-7-2-1-3-8-17/h1-13,15H,14,16H2,(H,32,33). The Morgan fingerprint density at radius 3 is 2.46 bits per heavy atom. The number of aromatic nitrogens is 2. The molecule has 37 heavy (non-hydrogen) atoms. The van der Waals surface area contributed by atoms with Crippen LogP contribution in [0.3, 0.4) is 0 Å². The molecule has 0 aliphatic heterocycles. The Kier molecular flexibility index (Phi) is 6.45. The van der Waals surface area contributed by atoms with Gasteiger partial charge in [-0.2, -0.15) is 0 Å². The zero-order valence-corrected chi connectivity index (χ0v) is 20.8. The predicted octanol–water partition coefficient (Wildman–Crippen LogP) is 4.98. The maximum Gasteiger partial charge on any atom is 0.341 e. The topological polar surface area (TPSA) is 106 Å². The van der Waals surface area contributed by atoms with Gasteiger partial charge in [-0.1, -0.05) is 72.0 Å². The van der Waals surface area contributed by atoms with Crippen LogP contribution in [0.25, 0.3) is 21.5 Å². The first-order valence-corrected chi connectivity index (χ1v) is 13.6. The lowest BCUT2D eigenvalue weighted by molar-refractivity contribution is 0.0694. The van der Waals surface area contributed by atoms with Gasteiger partial charge in [0.2, 0.25) is 5.43 Å². The zero-order valence-electron chi connectivity index (χ0n) is 19.2. The second-order valence-corrected chi connectivity index (χ2v) is 11.4. The van der Waals surface area contributed by atoms with Gasteiger partial charge >= 0.3 is 5.97 Å². The lowest BCUT2D eigenvalue weighted by Crippen LogP contribution is -2.19. The largest absolute Gasteiger partial charge is 0.477 e. The molecule has 0 radical (unpaired) electrons. The fraction of sp³-hybridized carbons (Fsp3) is 0.0741. The number of hydrogen-bond donors (Lipinski definition) is 1. The molecular formula is C27H19FN2O5S2. The normalized spacial score (nSPS) is 11.6. The number of hydrogen-bond acceptors (Lipinski definition) is 6. The minimum Gasteiger partial charge on any atom is -0.477 e. The van der Waals surface area contributed by atoms with Crippen LogP contribution in [0.1, 0.15) is 20.9 Å². The summed E-state index contributed by atoms with van der Waals surface area (Å²) in [6.45, 7) is 0.223. The molecule has 186 valence electrons. The van der Waals surface area contributed by atoms with Crippen LogP contribution in [0.5, 0.6) is 0 Å². The van der Waals surface area contributed by atoms with Crippen molar-refractivity contribution < 1.29 is 22.7 Å². The van der Waals surface area contributed by atoms with E-state index < -0.39 is 38.4 Å². The lowest BCUT2D eigenvalue weighted by Gasteiger charge is -2.13. The Labute approximate surface area is 215 Å². The van der Waals surface area contributed by atoms with E-state index in [1.165, 1.54) is 18.3 Å². The summed E-state index contributed by atoms with van der Waals surface area (Å²) in [7, 11) is -3.96. The highest BCUT2D eigenvalue weighted by molar-refractivity contribution is 7.90. The van der Waals surface area contributed by atoms with Crippen LogP contribution in [0.4, 0.5) is 4.39 Å². The minimum absolute atomic E-state index is 0.101. The molecule has 5 aromatic rings. The van der Waals surface area contributed by atoms with Crippen molar-refractivity contribution in [2.45, 2.75) is 17.2 Å². The predicted molar refractivity (Wildman–Crippen MR) is 139 cm³/mol. The Morgan fingerprint density at radius 2 is 1.73 bits per heavy atom. The van der Waals surface area contributed by atoms with Crippen LogP contribution < -0.4 is 5.43 Å². The van der Waals surface area contributed by atoms with Crippen molar-refractivity contribution in [3.63, 3.8) is 0 Å². The maximum absolute atomic E-state index is 13.6. The van der Waals surface area contributed by atoms with E-state index in [9.17, 15) is 27.5 Å². The van der Waals surface area contributed by atoms with Crippen molar-refractivity contribution in [2.24, 2.45) is 0 Å². The molecule has 0 spiro atoms. The lowest BCUT2D eigenvalue weighted by atomic mass is 9.99. The van der Waals surface area contributed by atoms with Crippen molar-refractivity contribution in [3.05, 3.63) is 117 Å². The first kappa shape index (κ1) is 24.5.